The van der Waals surface area contributed by atoms with Crippen molar-refractivity contribution in [2.24, 2.45) is 5.73 Å². The molecule has 0 spiro atoms. The number of hydrogen-bond donors (Lipinski definition) is 1. The Morgan fingerprint density at radius 2 is 2.00 bits per heavy atom. The largest absolute Gasteiger partial charge is 0.487 e. The van der Waals surface area contributed by atoms with E-state index in [1.54, 1.807) is 0 Å². The zero-order chi connectivity index (χ0) is 13.7. The quantitative estimate of drug-likeness (QED) is 0.913. The molecule has 100 valence electrons. The first-order valence-corrected chi connectivity index (χ1v) is 6.61. The van der Waals surface area contributed by atoms with Gasteiger partial charge in [0.25, 0.3) is 0 Å². The van der Waals surface area contributed by atoms with E-state index in [-0.39, 0.29) is 0 Å². The first-order valence-electron chi connectivity index (χ1n) is 6.23. The van der Waals surface area contributed by atoms with Gasteiger partial charge in [-0.25, -0.2) is 0 Å². The highest BCUT2D eigenvalue weighted by Crippen LogP contribution is 2.27. The lowest BCUT2D eigenvalue weighted by Gasteiger charge is -2.12. The topological polar surface area (TPSA) is 48.1 Å². The molecule has 0 aliphatic rings. The van der Waals surface area contributed by atoms with E-state index in [2.05, 4.69) is 4.98 Å². The van der Waals surface area contributed by atoms with E-state index < -0.39 is 0 Å². The first-order chi connectivity index (χ1) is 9.20. The van der Waals surface area contributed by atoms with Crippen LogP contribution in [0.15, 0.2) is 36.4 Å². The summed E-state index contributed by atoms with van der Waals surface area (Å²) in [4.78, 5) is 4.40. The fourth-order valence-corrected chi connectivity index (χ4v) is 2.15. The Labute approximate surface area is 118 Å². The molecular weight excluding hydrogens is 260 g/mol. The highest BCUT2D eigenvalue weighted by Gasteiger charge is 2.08. The molecule has 4 heteroatoms. The lowest BCUT2D eigenvalue weighted by atomic mass is 10.1. The summed E-state index contributed by atoms with van der Waals surface area (Å²) < 4.78 is 5.81. The van der Waals surface area contributed by atoms with E-state index >= 15 is 0 Å². The monoisotopic (exact) mass is 276 g/mol. The average molecular weight is 277 g/mol. The molecule has 2 N–H and O–H groups in total. The van der Waals surface area contributed by atoms with Gasteiger partial charge in [0.05, 0.1) is 5.69 Å². The van der Waals surface area contributed by atoms with Crippen molar-refractivity contribution in [2.75, 3.05) is 6.54 Å². The summed E-state index contributed by atoms with van der Waals surface area (Å²) in [5.41, 5.74) is 8.44. The van der Waals surface area contributed by atoms with Gasteiger partial charge < -0.3 is 10.5 Å². The maximum absolute atomic E-state index is 6.16. The van der Waals surface area contributed by atoms with E-state index in [0.717, 1.165) is 22.7 Å². The molecule has 0 unspecified atom stereocenters. The van der Waals surface area contributed by atoms with Crippen molar-refractivity contribution in [1.82, 2.24) is 4.98 Å². The Kier molecular flexibility index (Phi) is 4.77. The minimum Gasteiger partial charge on any atom is -0.487 e. The van der Waals surface area contributed by atoms with Gasteiger partial charge in [0, 0.05) is 16.3 Å². The maximum Gasteiger partial charge on any atom is 0.130 e. The van der Waals surface area contributed by atoms with Crippen molar-refractivity contribution in [2.45, 2.75) is 20.0 Å². The van der Waals surface area contributed by atoms with Crippen molar-refractivity contribution in [3.05, 3.63) is 58.4 Å². The second kappa shape index (κ2) is 6.55. The molecule has 2 rings (SSSR count). The fraction of sp³-hybridized carbons (Fsp3) is 0.267. The number of ether oxygens (including phenoxy) is 1. The Morgan fingerprint density at radius 3 is 2.74 bits per heavy atom. The smallest absolute Gasteiger partial charge is 0.130 e. The standard InChI is InChI=1S/C15H17ClN2O/c1-11-4-2-5-12(18-11)10-19-15-7-3-6-14(16)13(15)8-9-17/h2-7H,8-10,17H2,1H3. The molecule has 0 aliphatic heterocycles. The highest BCUT2D eigenvalue weighted by atomic mass is 35.5. The van der Waals surface area contributed by atoms with Crippen LogP contribution < -0.4 is 10.5 Å². The van der Waals surface area contributed by atoms with Gasteiger partial charge in [-0.3, -0.25) is 4.98 Å². The van der Waals surface area contributed by atoms with Gasteiger partial charge in [-0.1, -0.05) is 23.7 Å². The number of rotatable bonds is 5. The zero-order valence-electron chi connectivity index (χ0n) is 10.9. The van der Waals surface area contributed by atoms with Crippen LogP contribution in [0.1, 0.15) is 17.0 Å². The van der Waals surface area contributed by atoms with Gasteiger partial charge >= 0.3 is 0 Å². The van der Waals surface area contributed by atoms with Crippen molar-refractivity contribution in [3.8, 4) is 5.75 Å². The number of hydrogen-bond acceptors (Lipinski definition) is 3. The number of nitrogens with two attached hydrogens (primary N) is 1. The Balaban J connectivity index is 2.13. The lowest BCUT2D eigenvalue weighted by molar-refractivity contribution is 0.298. The third kappa shape index (κ3) is 3.69. The Bertz CT molecular complexity index is 558. The molecule has 0 bridgehead atoms. The summed E-state index contributed by atoms with van der Waals surface area (Å²) in [6.07, 6.45) is 0.705. The minimum absolute atomic E-state index is 0.430. The van der Waals surface area contributed by atoms with Crippen molar-refractivity contribution in [3.63, 3.8) is 0 Å². The van der Waals surface area contributed by atoms with Crippen molar-refractivity contribution >= 4 is 11.6 Å². The van der Waals surface area contributed by atoms with Gasteiger partial charge in [-0.15, -0.1) is 0 Å². The Morgan fingerprint density at radius 1 is 1.21 bits per heavy atom. The molecule has 0 saturated carbocycles. The summed E-state index contributed by atoms with van der Waals surface area (Å²) in [6, 6.07) is 11.5. The van der Waals surface area contributed by atoms with Crippen LogP contribution in [0.25, 0.3) is 0 Å². The van der Waals surface area contributed by atoms with Crippen LogP contribution in [0.5, 0.6) is 5.75 Å². The van der Waals surface area contributed by atoms with Gasteiger partial charge in [-0.2, -0.15) is 0 Å². The predicted octanol–water partition coefficient (Wildman–Crippen LogP) is 3.12. The fourth-order valence-electron chi connectivity index (χ4n) is 1.89. The summed E-state index contributed by atoms with van der Waals surface area (Å²) in [6.45, 7) is 2.94. The van der Waals surface area contributed by atoms with Crippen molar-refractivity contribution in [1.29, 1.82) is 0 Å². The molecule has 0 atom stereocenters. The number of aryl methyl sites for hydroxylation is 1. The summed E-state index contributed by atoms with van der Waals surface area (Å²) in [5.74, 6) is 0.779. The van der Waals surface area contributed by atoms with E-state index in [1.807, 2.05) is 43.3 Å². The van der Waals surface area contributed by atoms with Gasteiger partial charge in [-0.05, 0) is 44.2 Å². The molecule has 0 saturated heterocycles. The molecule has 2 aromatic rings. The second-order valence-corrected chi connectivity index (χ2v) is 4.72. The highest BCUT2D eigenvalue weighted by molar-refractivity contribution is 6.31. The normalized spacial score (nSPS) is 10.5. The molecule has 1 aromatic heterocycles. The van der Waals surface area contributed by atoms with Crippen LogP contribution in [0, 0.1) is 6.92 Å². The van der Waals surface area contributed by atoms with E-state index in [1.165, 1.54) is 0 Å². The molecule has 0 radical (unpaired) electrons. The third-order valence-electron chi connectivity index (χ3n) is 2.79. The lowest BCUT2D eigenvalue weighted by Crippen LogP contribution is -2.06. The molecule has 0 amide bonds. The minimum atomic E-state index is 0.430. The summed E-state index contributed by atoms with van der Waals surface area (Å²) >= 11 is 6.16. The summed E-state index contributed by atoms with van der Waals surface area (Å²) in [7, 11) is 0. The number of pyridine rings is 1. The third-order valence-corrected chi connectivity index (χ3v) is 3.15. The zero-order valence-corrected chi connectivity index (χ0v) is 11.7. The average Bonchev–Trinajstić information content (AvgIpc) is 2.40. The molecule has 0 fully saturated rings. The second-order valence-electron chi connectivity index (χ2n) is 4.31. The van der Waals surface area contributed by atoms with Gasteiger partial charge in [0.1, 0.15) is 12.4 Å². The molecule has 1 aromatic carbocycles. The van der Waals surface area contributed by atoms with Crippen LogP contribution in [0.4, 0.5) is 0 Å². The predicted molar refractivity (Wildman–Crippen MR) is 77.5 cm³/mol. The molecule has 1 heterocycles. The van der Waals surface area contributed by atoms with Gasteiger partial charge in [0.15, 0.2) is 0 Å². The molecular formula is C15H17ClN2O. The maximum atomic E-state index is 6.16. The SMILES string of the molecule is Cc1cccc(COc2cccc(Cl)c2CCN)n1. The first kappa shape index (κ1) is 13.8. The summed E-state index contributed by atoms with van der Waals surface area (Å²) in [5, 5.41) is 0.695. The van der Waals surface area contributed by atoms with Crippen LogP contribution >= 0.6 is 11.6 Å². The van der Waals surface area contributed by atoms with Gasteiger partial charge in [0.2, 0.25) is 0 Å². The van der Waals surface area contributed by atoms with Crippen LogP contribution in [0.3, 0.4) is 0 Å². The van der Waals surface area contributed by atoms with E-state index in [4.69, 9.17) is 22.1 Å². The van der Waals surface area contributed by atoms with Crippen LogP contribution in [0.2, 0.25) is 5.02 Å². The van der Waals surface area contributed by atoms with E-state index in [0.29, 0.717) is 24.6 Å². The molecule has 19 heavy (non-hydrogen) atoms. The number of nitrogens with zero attached hydrogens (tertiary/aromatic N) is 1. The van der Waals surface area contributed by atoms with E-state index in [9.17, 15) is 0 Å². The molecule has 3 nitrogen and oxygen atoms in total. The molecule has 0 aliphatic carbocycles. The number of benzene rings is 1. The number of halogens is 1. The Hall–Kier alpha value is -1.58. The van der Waals surface area contributed by atoms with Crippen LogP contribution in [-0.4, -0.2) is 11.5 Å². The number of aromatic nitrogens is 1. The van der Waals surface area contributed by atoms with Crippen LogP contribution in [-0.2, 0) is 13.0 Å². The van der Waals surface area contributed by atoms with Crippen molar-refractivity contribution < 1.29 is 4.74 Å².